The maximum Gasteiger partial charge on any atom is 0.111 e. The van der Waals surface area contributed by atoms with Gasteiger partial charge in [0.15, 0.2) is 0 Å². The summed E-state index contributed by atoms with van der Waals surface area (Å²) in [5.74, 6) is 0. The third kappa shape index (κ3) is 2.87. The Morgan fingerprint density at radius 2 is 2.24 bits per heavy atom. The minimum Gasteiger partial charge on any atom is -0.381 e. The van der Waals surface area contributed by atoms with E-state index in [-0.39, 0.29) is 11.6 Å². The zero-order chi connectivity index (χ0) is 19.8. The van der Waals surface area contributed by atoms with Crippen molar-refractivity contribution >= 4 is 10.9 Å². The summed E-state index contributed by atoms with van der Waals surface area (Å²) >= 11 is 0. The molecule has 0 amide bonds. The highest BCUT2D eigenvalue weighted by Gasteiger charge is 2.46. The van der Waals surface area contributed by atoms with E-state index in [1.807, 2.05) is 35.1 Å². The number of aromatic amines is 1. The van der Waals surface area contributed by atoms with Crippen molar-refractivity contribution in [2.24, 2.45) is 0 Å². The number of fused-ring (bicyclic) bond motifs is 1. The van der Waals surface area contributed by atoms with E-state index in [2.05, 4.69) is 21.3 Å². The molecule has 4 heterocycles. The molecule has 5 rings (SSSR count). The van der Waals surface area contributed by atoms with Gasteiger partial charge >= 0.3 is 0 Å². The molecule has 8 nitrogen and oxygen atoms in total. The van der Waals surface area contributed by atoms with Crippen LogP contribution in [0, 0.1) is 11.3 Å². The molecule has 4 aromatic heterocycles. The van der Waals surface area contributed by atoms with Crippen LogP contribution >= 0.6 is 0 Å². The number of H-pyrrole nitrogens is 1. The van der Waals surface area contributed by atoms with Gasteiger partial charge < -0.3 is 4.74 Å². The summed E-state index contributed by atoms with van der Waals surface area (Å²) in [6.45, 7) is 0. The molecule has 1 aliphatic rings. The van der Waals surface area contributed by atoms with Gasteiger partial charge in [-0.05, 0) is 37.1 Å². The molecule has 0 saturated heterocycles. The van der Waals surface area contributed by atoms with Crippen LogP contribution in [0.2, 0.25) is 0 Å². The van der Waals surface area contributed by atoms with Crippen molar-refractivity contribution in [1.29, 1.82) is 5.26 Å². The molecule has 0 atom stereocenters. The van der Waals surface area contributed by atoms with E-state index >= 15 is 0 Å². The second-order valence-corrected chi connectivity index (χ2v) is 7.38. The minimum atomic E-state index is -0.316. The Morgan fingerprint density at radius 1 is 1.34 bits per heavy atom. The van der Waals surface area contributed by atoms with Crippen molar-refractivity contribution in [2.75, 3.05) is 7.11 Å². The Balaban J connectivity index is 1.61. The maximum absolute atomic E-state index is 9.33. The van der Waals surface area contributed by atoms with E-state index in [9.17, 15) is 5.26 Å². The van der Waals surface area contributed by atoms with Crippen LogP contribution in [0.5, 0.6) is 0 Å². The lowest BCUT2D eigenvalue weighted by atomic mass is 9.72. The van der Waals surface area contributed by atoms with E-state index in [0.29, 0.717) is 6.42 Å². The number of nitrogens with one attached hydrogen (secondary N) is 1. The van der Waals surface area contributed by atoms with E-state index < -0.39 is 0 Å². The Labute approximate surface area is 167 Å². The van der Waals surface area contributed by atoms with Gasteiger partial charge in [-0.1, -0.05) is 0 Å². The topological polar surface area (TPSA) is 105 Å². The average Bonchev–Trinajstić information content (AvgIpc) is 3.42. The molecule has 144 valence electrons. The van der Waals surface area contributed by atoms with Crippen LogP contribution in [0.3, 0.4) is 0 Å². The van der Waals surface area contributed by atoms with Gasteiger partial charge in [-0.15, -0.1) is 0 Å². The summed E-state index contributed by atoms with van der Waals surface area (Å²) < 4.78 is 7.35. The predicted octanol–water partition coefficient (Wildman–Crippen LogP) is 3.30. The minimum absolute atomic E-state index is 0.170. The van der Waals surface area contributed by atoms with Gasteiger partial charge in [0.1, 0.15) is 11.4 Å². The summed E-state index contributed by atoms with van der Waals surface area (Å²) in [5.41, 5.74) is 3.72. The van der Waals surface area contributed by atoms with Gasteiger partial charge in [0.05, 0.1) is 41.5 Å². The fourth-order valence-electron chi connectivity index (χ4n) is 4.04. The number of ether oxygens (including phenoxy) is 1. The number of nitriles is 1. The number of aromatic nitrogens is 6. The zero-order valence-electron chi connectivity index (χ0n) is 15.9. The number of methoxy groups -OCH3 is 1. The molecular formula is C21H19N7O. The van der Waals surface area contributed by atoms with E-state index in [4.69, 9.17) is 14.8 Å². The van der Waals surface area contributed by atoms with Gasteiger partial charge in [0.2, 0.25) is 0 Å². The van der Waals surface area contributed by atoms with Crippen LogP contribution in [0.15, 0.2) is 49.1 Å². The first-order valence-corrected chi connectivity index (χ1v) is 9.44. The normalized spacial score (nSPS) is 21.0. The Morgan fingerprint density at radius 3 is 3.00 bits per heavy atom. The van der Waals surface area contributed by atoms with E-state index in [1.54, 1.807) is 25.7 Å². The number of hydrogen-bond donors (Lipinski definition) is 1. The molecule has 1 aliphatic carbocycles. The van der Waals surface area contributed by atoms with Gasteiger partial charge in [-0.25, -0.2) is 4.98 Å². The Kier molecular flexibility index (Phi) is 4.11. The van der Waals surface area contributed by atoms with Crippen LogP contribution in [0.25, 0.3) is 33.5 Å². The molecule has 0 aromatic carbocycles. The molecule has 0 unspecified atom stereocenters. The smallest absolute Gasteiger partial charge is 0.111 e. The van der Waals surface area contributed by atoms with Crippen molar-refractivity contribution in [3.63, 3.8) is 0 Å². The first-order chi connectivity index (χ1) is 14.2. The Hall–Kier alpha value is -3.57. The SMILES string of the molecule is CO[C@H]1C[C@@](CC#N)(n2ccc(-c3nc(-c4cn[nH]c4)cc4ncccc34)n2)C1. The lowest BCUT2D eigenvalue weighted by Crippen LogP contribution is -2.50. The fraction of sp³-hybridized carbons (Fsp3) is 0.286. The third-order valence-electron chi connectivity index (χ3n) is 5.67. The second-order valence-electron chi connectivity index (χ2n) is 7.38. The van der Waals surface area contributed by atoms with Gasteiger partial charge in [0, 0.05) is 36.7 Å². The van der Waals surface area contributed by atoms with Crippen molar-refractivity contribution in [2.45, 2.75) is 30.9 Å². The lowest BCUT2D eigenvalue weighted by molar-refractivity contribution is -0.0541. The average molecular weight is 385 g/mol. The number of nitrogens with zero attached hydrogens (tertiary/aromatic N) is 6. The molecule has 1 N–H and O–H groups in total. The summed E-state index contributed by atoms with van der Waals surface area (Å²) in [6.07, 6.45) is 9.38. The highest BCUT2D eigenvalue weighted by atomic mass is 16.5. The highest BCUT2D eigenvalue weighted by molar-refractivity contribution is 5.93. The number of hydrogen-bond acceptors (Lipinski definition) is 6. The number of pyridine rings is 2. The first kappa shape index (κ1) is 17.5. The summed E-state index contributed by atoms with van der Waals surface area (Å²) in [7, 11) is 1.71. The quantitative estimate of drug-likeness (QED) is 0.565. The first-order valence-electron chi connectivity index (χ1n) is 9.44. The van der Waals surface area contributed by atoms with E-state index in [1.165, 1.54) is 0 Å². The van der Waals surface area contributed by atoms with Crippen LogP contribution in [-0.4, -0.2) is 43.2 Å². The molecular weight excluding hydrogens is 366 g/mol. The lowest BCUT2D eigenvalue weighted by Gasteiger charge is -2.45. The van der Waals surface area contributed by atoms with Gasteiger partial charge in [-0.3, -0.25) is 14.8 Å². The molecule has 0 bridgehead atoms. The van der Waals surface area contributed by atoms with E-state index in [0.717, 1.165) is 46.4 Å². The molecule has 0 radical (unpaired) electrons. The third-order valence-corrected chi connectivity index (χ3v) is 5.67. The van der Waals surface area contributed by atoms with Gasteiger partial charge in [-0.2, -0.15) is 15.5 Å². The van der Waals surface area contributed by atoms with Crippen molar-refractivity contribution in [3.8, 4) is 28.7 Å². The Bertz CT molecular complexity index is 1200. The monoisotopic (exact) mass is 385 g/mol. The van der Waals surface area contributed by atoms with Crippen LogP contribution in [0.4, 0.5) is 0 Å². The highest BCUT2D eigenvalue weighted by Crippen LogP contribution is 2.43. The molecule has 1 fully saturated rings. The van der Waals surface area contributed by atoms with Crippen molar-refractivity contribution in [3.05, 3.63) is 49.1 Å². The predicted molar refractivity (Wildman–Crippen MR) is 107 cm³/mol. The summed E-state index contributed by atoms with van der Waals surface area (Å²) in [5, 5.41) is 21.9. The largest absolute Gasteiger partial charge is 0.381 e. The number of rotatable bonds is 5. The molecule has 1 saturated carbocycles. The molecule has 4 aromatic rings. The molecule has 8 heteroatoms. The maximum atomic E-state index is 9.33. The summed E-state index contributed by atoms with van der Waals surface area (Å²) in [6, 6.07) is 10.1. The second kappa shape index (κ2) is 6.79. The molecule has 29 heavy (non-hydrogen) atoms. The van der Waals surface area contributed by atoms with Crippen molar-refractivity contribution < 1.29 is 4.74 Å². The molecule has 0 aliphatic heterocycles. The standard InChI is InChI=1S/C21H19N7O/c1-29-15-10-21(11-15,5-6-22)28-8-4-17(27-28)20-16-3-2-7-23-19(16)9-18(26-20)14-12-24-25-13-14/h2-4,7-9,12-13,15H,5,10-11H2,1H3,(H,24,25)/t15-,21+. The van der Waals surface area contributed by atoms with Crippen molar-refractivity contribution in [1.82, 2.24) is 29.9 Å². The van der Waals surface area contributed by atoms with Crippen LogP contribution in [-0.2, 0) is 10.3 Å². The van der Waals surface area contributed by atoms with Crippen LogP contribution in [0.1, 0.15) is 19.3 Å². The zero-order valence-corrected chi connectivity index (χ0v) is 15.9. The fourth-order valence-corrected chi connectivity index (χ4v) is 4.04. The molecule has 0 spiro atoms. The summed E-state index contributed by atoms with van der Waals surface area (Å²) in [4.78, 5) is 9.37. The van der Waals surface area contributed by atoms with Gasteiger partial charge in [0.25, 0.3) is 0 Å². The van der Waals surface area contributed by atoms with Crippen LogP contribution < -0.4 is 0 Å².